The Bertz CT molecular complexity index is 747. The minimum atomic E-state index is -0.502. The van der Waals surface area contributed by atoms with E-state index in [9.17, 15) is 14.9 Å². The van der Waals surface area contributed by atoms with Gasteiger partial charge >= 0.3 is 0 Å². The molecule has 148 valence electrons. The molecule has 0 aliphatic heterocycles. The zero-order valence-corrected chi connectivity index (χ0v) is 16.6. The topological polar surface area (TPSA) is 109 Å². The molecular formula is C17H23Cl2N5O3. The Kier molecular flexibility index (Phi) is 11.0. The fourth-order valence-electron chi connectivity index (χ4n) is 2.29. The van der Waals surface area contributed by atoms with Crippen molar-refractivity contribution in [3.05, 3.63) is 64.0 Å². The Hall–Kier alpha value is -2.42. The van der Waals surface area contributed by atoms with Crippen LogP contribution in [-0.4, -0.2) is 36.0 Å². The number of nitrogens with one attached hydrogen (secondary N) is 3. The van der Waals surface area contributed by atoms with Crippen LogP contribution in [0.1, 0.15) is 29.0 Å². The Morgan fingerprint density at radius 2 is 1.96 bits per heavy atom. The second-order valence-electron chi connectivity index (χ2n) is 5.47. The number of nitrogens with zero attached hydrogens (tertiary/aromatic N) is 2. The van der Waals surface area contributed by atoms with Gasteiger partial charge in [0.25, 0.3) is 11.6 Å². The summed E-state index contributed by atoms with van der Waals surface area (Å²) in [7, 11) is 1.78. The summed E-state index contributed by atoms with van der Waals surface area (Å²) in [4.78, 5) is 27.2. The highest BCUT2D eigenvalue weighted by Gasteiger charge is 2.19. The lowest BCUT2D eigenvalue weighted by Crippen LogP contribution is -2.30. The zero-order chi connectivity index (χ0) is 18.2. The lowest BCUT2D eigenvalue weighted by Gasteiger charge is -2.15. The molecule has 0 saturated heterocycles. The highest BCUT2D eigenvalue weighted by atomic mass is 35.5. The van der Waals surface area contributed by atoms with Gasteiger partial charge in [0.1, 0.15) is 5.69 Å². The molecule has 2 rings (SSSR count). The monoisotopic (exact) mass is 415 g/mol. The van der Waals surface area contributed by atoms with Gasteiger partial charge in [0.2, 0.25) is 0 Å². The third-order valence-corrected chi connectivity index (χ3v) is 3.62. The van der Waals surface area contributed by atoms with Crippen LogP contribution >= 0.6 is 24.8 Å². The SMILES string of the molecule is CNCCNC(=O)c1ccc(NC(C)c2ccccn2)c([N+](=O)[O-])c1.Cl.Cl. The maximum atomic E-state index is 12.1. The molecule has 0 aliphatic rings. The number of rotatable bonds is 8. The van der Waals surface area contributed by atoms with Crippen LogP contribution in [0, 0.1) is 10.1 Å². The largest absolute Gasteiger partial charge is 0.371 e. The van der Waals surface area contributed by atoms with Crippen molar-refractivity contribution in [2.24, 2.45) is 0 Å². The predicted molar refractivity (Wildman–Crippen MR) is 110 cm³/mol. The van der Waals surface area contributed by atoms with Gasteiger partial charge in [-0.15, -0.1) is 24.8 Å². The highest BCUT2D eigenvalue weighted by Crippen LogP contribution is 2.28. The second kappa shape index (κ2) is 12.1. The molecule has 0 saturated carbocycles. The van der Waals surface area contributed by atoms with Crippen LogP contribution in [0.5, 0.6) is 0 Å². The Balaban J connectivity index is 0.00000338. The summed E-state index contributed by atoms with van der Waals surface area (Å²) in [6, 6.07) is 9.68. The van der Waals surface area contributed by atoms with Crippen molar-refractivity contribution in [2.75, 3.05) is 25.5 Å². The van der Waals surface area contributed by atoms with Crippen LogP contribution in [0.2, 0.25) is 0 Å². The molecule has 1 heterocycles. The van der Waals surface area contributed by atoms with Gasteiger partial charge in [-0.2, -0.15) is 0 Å². The van der Waals surface area contributed by atoms with Crippen LogP contribution < -0.4 is 16.0 Å². The van der Waals surface area contributed by atoms with Crippen molar-refractivity contribution in [3.8, 4) is 0 Å². The lowest BCUT2D eigenvalue weighted by atomic mass is 10.1. The van der Waals surface area contributed by atoms with Crippen LogP contribution in [-0.2, 0) is 0 Å². The molecule has 10 heteroatoms. The maximum absolute atomic E-state index is 12.1. The average Bonchev–Trinajstić information content (AvgIpc) is 2.62. The zero-order valence-electron chi connectivity index (χ0n) is 15.0. The normalized spacial score (nSPS) is 10.7. The first kappa shape index (κ1) is 24.6. The predicted octanol–water partition coefficient (Wildman–Crippen LogP) is 2.96. The third-order valence-electron chi connectivity index (χ3n) is 3.62. The first-order valence-corrected chi connectivity index (χ1v) is 7.91. The van der Waals surface area contributed by atoms with Gasteiger partial charge in [0.05, 0.1) is 16.7 Å². The number of carbonyl (C=O) groups excluding carboxylic acids is 1. The van der Waals surface area contributed by atoms with Gasteiger partial charge in [0.15, 0.2) is 0 Å². The summed E-state index contributed by atoms with van der Waals surface area (Å²) < 4.78 is 0. The van der Waals surface area contributed by atoms with Crippen LogP contribution in [0.4, 0.5) is 11.4 Å². The number of aromatic nitrogens is 1. The minimum absolute atomic E-state index is 0. The van der Waals surface area contributed by atoms with Gasteiger partial charge in [-0.05, 0) is 38.2 Å². The Morgan fingerprint density at radius 1 is 1.22 bits per heavy atom. The lowest BCUT2D eigenvalue weighted by molar-refractivity contribution is -0.384. The number of hydrogen-bond donors (Lipinski definition) is 3. The van der Waals surface area contributed by atoms with E-state index >= 15 is 0 Å². The van der Waals surface area contributed by atoms with Crippen molar-refractivity contribution in [1.29, 1.82) is 0 Å². The molecule has 1 aromatic heterocycles. The summed E-state index contributed by atoms with van der Waals surface area (Å²) in [6.07, 6.45) is 1.67. The van der Waals surface area contributed by atoms with Crippen molar-refractivity contribution in [1.82, 2.24) is 15.6 Å². The van der Waals surface area contributed by atoms with E-state index in [0.29, 0.717) is 18.8 Å². The van der Waals surface area contributed by atoms with Gasteiger partial charge in [0, 0.05) is 30.9 Å². The summed E-state index contributed by atoms with van der Waals surface area (Å²) in [5.74, 6) is -0.345. The van der Waals surface area contributed by atoms with E-state index in [-0.39, 0.29) is 48.0 Å². The number of nitro benzene ring substituents is 1. The van der Waals surface area contributed by atoms with Crippen LogP contribution in [0.15, 0.2) is 42.6 Å². The van der Waals surface area contributed by atoms with Gasteiger partial charge in [-0.25, -0.2) is 0 Å². The Labute approximate surface area is 170 Å². The number of halogens is 2. The van der Waals surface area contributed by atoms with Gasteiger partial charge in [-0.1, -0.05) is 6.07 Å². The molecule has 0 aliphatic carbocycles. The minimum Gasteiger partial charge on any atom is -0.371 e. The van der Waals surface area contributed by atoms with Gasteiger partial charge < -0.3 is 16.0 Å². The number of likely N-dealkylation sites (N-methyl/N-ethyl adjacent to an activating group) is 1. The first-order valence-electron chi connectivity index (χ1n) is 7.91. The molecule has 0 bridgehead atoms. The molecule has 1 unspecified atom stereocenters. The number of hydrogen-bond acceptors (Lipinski definition) is 6. The summed E-state index contributed by atoms with van der Waals surface area (Å²) in [5.41, 5.74) is 1.21. The number of benzene rings is 1. The molecule has 3 N–H and O–H groups in total. The molecule has 27 heavy (non-hydrogen) atoms. The molecule has 1 amide bonds. The average molecular weight is 416 g/mol. The molecule has 1 atom stereocenters. The van der Waals surface area contributed by atoms with Gasteiger partial charge in [-0.3, -0.25) is 19.9 Å². The van der Waals surface area contributed by atoms with Crippen molar-refractivity contribution < 1.29 is 9.72 Å². The fourth-order valence-corrected chi connectivity index (χ4v) is 2.29. The molecule has 8 nitrogen and oxygen atoms in total. The molecule has 1 aromatic carbocycles. The van der Waals surface area contributed by atoms with E-state index in [1.807, 2.05) is 19.1 Å². The van der Waals surface area contributed by atoms with E-state index in [2.05, 4.69) is 20.9 Å². The van der Waals surface area contributed by atoms with E-state index < -0.39 is 4.92 Å². The second-order valence-corrected chi connectivity index (χ2v) is 5.47. The Morgan fingerprint density at radius 3 is 2.56 bits per heavy atom. The number of anilines is 1. The number of carbonyl (C=O) groups is 1. The van der Waals surface area contributed by atoms with Crippen molar-refractivity contribution in [2.45, 2.75) is 13.0 Å². The van der Waals surface area contributed by atoms with Crippen molar-refractivity contribution >= 4 is 42.1 Å². The van der Waals surface area contributed by atoms with E-state index in [0.717, 1.165) is 5.69 Å². The molecule has 2 aromatic rings. The third kappa shape index (κ3) is 7.01. The molecule has 0 spiro atoms. The maximum Gasteiger partial charge on any atom is 0.293 e. The number of nitro groups is 1. The fraction of sp³-hybridized carbons (Fsp3) is 0.294. The number of amides is 1. The molecule has 0 radical (unpaired) electrons. The summed E-state index contributed by atoms with van der Waals surface area (Å²) >= 11 is 0. The van der Waals surface area contributed by atoms with E-state index in [1.165, 1.54) is 6.07 Å². The quantitative estimate of drug-likeness (QED) is 0.347. The van der Waals surface area contributed by atoms with Crippen LogP contribution in [0.3, 0.4) is 0 Å². The molecular weight excluding hydrogens is 393 g/mol. The first-order chi connectivity index (χ1) is 12.0. The summed E-state index contributed by atoms with van der Waals surface area (Å²) in [5, 5.41) is 20.1. The van der Waals surface area contributed by atoms with Crippen molar-refractivity contribution in [3.63, 3.8) is 0 Å². The van der Waals surface area contributed by atoms with E-state index in [1.54, 1.807) is 31.4 Å². The van der Waals surface area contributed by atoms with E-state index in [4.69, 9.17) is 0 Å². The molecule has 0 fully saturated rings. The summed E-state index contributed by atoms with van der Waals surface area (Å²) in [6.45, 7) is 2.93. The number of pyridine rings is 1. The smallest absolute Gasteiger partial charge is 0.293 e. The standard InChI is InChI=1S/C17H21N5O3.2ClH/c1-12(14-5-3-4-8-19-14)21-15-7-6-13(11-16(15)22(24)25)17(23)20-10-9-18-2;;/h3-8,11-12,18,21H,9-10H2,1-2H3,(H,20,23);2*1H. The highest BCUT2D eigenvalue weighted by molar-refractivity contribution is 5.95. The van der Waals surface area contributed by atoms with Crippen LogP contribution in [0.25, 0.3) is 0 Å².